The summed E-state index contributed by atoms with van der Waals surface area (Å²) in [6, 6.07) is 16.0. The Kier molecular flexibility index (Phi) is 3.28. The Hall–Kier alpha value is -2.79. The summed E-state index contributed by atoms with van der Waals surface area (Å²) in [5, 5.41) is 9.14. The highest BCUT2D eigenvalue weighted by atomic mass is 32.1. The second-order valence-corrected chi connectivity index (χ2v) is 6.16. The Balaban J connectivity index is 1.79. The Morgan fingerprint density at radius 2 is 1.96 bits per heavy atom. The van der Waals surface area contributed by atoms with Crippen LogP contribution >= 0.6 is 11.3 Å². The van der Waals surface area contributed by atoms with Gasteiger partial charge in [0.1, 0.15) is 10.7 Å². The fourth-order valence-corrected chi connectivity index (χ4v) is 3.35. The molecule has 0 amide bonds. The molecule has 0 unspecified atom stereocenters. The van der Waals surface area contributed by atoms with Gasteiger partial charge < -0.3 is 0 Å². The van der Waals surface area contributed by atoms with Crippen molar-refractivity contribution in [1.82, 2.24) is 9.66 Å². The number of aryl methyl sites for hydroxylation is 1. The molecule has 4 aromatic rings. The van der Waals surface area contributed by atoms with Gasteiger partial charge in [-0.25, -0.2) is 4.98 Å². The fraction of sp³-hybridized carbons (Fsp3) is 0.0556. The third-order valence-electron chi connectivity index (χ3n) is 3.73. The monoisotopic (exact) mass is 319 g/mol. The summed E-state index contributed by atoms with van der Waals surface area (Å²) < 4.78 is 1.35. The van der Waals surface area contributed by atoms with E-state index in [4.69, 9.17) is 0 Å². The molecule has 0 aliphatic carbocycles. The first-order valence-corrected chi connectivity index (χ1v) is 8.10. The van der Waals surface area contributed by atoms with Crippen molar-refractivity contribution in [3.63, 3.8) is 0 Å². The first-order valence-electron chi connectivity index (χ1n) is 7.22. The smallest absolute Gasteiger partial charge is 0.267 e. The van der Waals surface area contributed by atoms with Crippen LogP contribution in [0.4, 0.5) is 0 Å². The summed E-state index contributed by atoms with van der Waals surface area (Å²) in [5.41, 5.74) is 0.811. The molecule has 23 heavy (non-hydrogen) atoms. The summed E-state index contributed by atoms with van der Waals surface area (Å²) >= 11 is 1.46. The third-order valence-corrected chi connectivity index (χ3v) is 4.54. The lowest BCUT2D eigenvalue weighted by atomic mass is 10.1. The predicted molar refractivity (Wildman–Crippen MR) is 95.6 cm³/mol. The molecule has 0 N–H and O–H groups in total. The zero-order valence-corrected chi connectivity index (χ0v) is 13.2. The number of aromatic nitrogens is 2. The molecule has 0 fully saturated rings. The van der Waals surface area contributed by atoms with Gasteiger partial charge in [0, 0.05) is 0 Å². The molecule has 2 aromatic carbocycles. The van der Waals surface area contributed by atoms with Crippen LogP contribution in [0.1, 0.15) is 11.4 Å². The molecule has 0 saturated heterocycles. The second kappa shape index (κ2) is 5.44. The van der Waals surface area contributed by atoms with E-state index in [0.717, 1.165) is 15.8 Å². The normalized spacial score (nSPS) is 11.7. The summed E-state index contributed by atoms with van der Waals surface area (Å²) in [6.45, 7) is 1.79. The number of rotatable bonds is 2. The number of hydrogen-bond acceptors (Lipinski definition) is 4. The van der Waals surface area contributed by atoms with Gasteiger partial charge in [-0.05, 0) is 40.8 Å². The summed E-state index contributed by atoms with van der Waals surface area (Å²) in [4.78, 5) is 17.6. The molecule has 0 atom stereocenters. The number of hydrogen-bond donors (Lipinski definition) is 0. The van der Waals surface area contributed by atoms with Crippen LogP contribution in [0.2, 0.25) is 0 Å². The maximum atomic E-state index is 12.5. The van der Waals surface area contributed by atoms with Crippen molar-refractivity contribution in [1.29, 1.82) is 0 Å². The maximum Gasteiger partial charge on any atom is 0.282 e. The van der Waals surface area contributed by atoms with Crippen molar-refractivity contribution in [3.8, 4) is 0 Å². The predicted octanol–water partition coefficient (Wildman–Crippen LogP) is 3.80. The zero-order valence-electron chi connectivity index (χ0n) is 12.4. The molecule has 0 aliphatic rings. The molecule has 0 aliphatic heterocycles. The lowest BCUT2D eigenvalue weighted by Crippen LogP contribution is -2.19. The van der Waals surface area contributed by atoms with Crippen molar-refractivity contribution in [2.24, 2.45) is 5.10 Å². The van der Waals surface area contributed by atoms with Crippen molar-refractivity contribution in [3.05, 3.63) is 75.7 Å². The highest BCUT2D eigenvalue weighted by Gasteiger charge is 2.07. The van der Waals surface area contributed by atoms with E-state index in [9.17, 15) is 4.79 Å². The number of benzene rings is 2. The first-order chi connectivity index (χ1) is 11.2. The van der Waals surface area contributed by atoms with Gasteiger partial charge in [-0.3, -0.25) is 4.79 Å². The minimum Gasteiger partial charge on any atom is -0.267 e. The Bertz CT molecular complexity index is 1110. The van der Waals surface area contributed by atoms with E-state index in [1.54, 1.807) is 19.2 Å². The highest BCUT2D eigenvalue weighted by molar-refractivity contribution is 7.16. The largest absolute Gasteiger partial charge is 0.282 e. The molecule has 0 radical (unpaired) electrons. The van der Waals surface area contributed by atoms with Crippen molar-refractivity contribution in [2.45, 2.75) is 6.92 Å². The molecule has 4 rings (SSSR count). The lowest BCUT2D eigenvalue weighted by molar-refractivity contribution is 0.772. The van der Waals surface area contributed by atoms with Crippen LogP contribution < -0.4 is 5.56 Å². The minimum atomic E-state index is -0.134. The van der Waals surface area contributed by atoms with Gasteiger partial charge in [-0.1, -0.05) is 36.4 Å². The average molecular weight is 319 g/mol. The molecule has 2 aromatic heterocycles. The Labute approximate surface area is 136 Å². The second-order valence-electron chi connectivity index (χ2n) is 5.27. The van der Waals surface area contributed by atoms with Gasteiger partial charge in [-0.2, -0.15) is 9.78 Å². The van der Waals surface area contributed by atoms with Gasteiger partial charge in [0.25, 0.3) is 5.56 Å². The first kappa shape index (κ1) is 13.8. The number of nitrogens with zero attached hydrogens (tertiary/aromatic N) is 3. The molecule has 0 spiro atoms. The van der Waals surface area contributed by atoms with Crippen LogP contribution in [-0.2, 0) is 0 Å². The Morgan fingerprint density at radius 3 is 2.83 bits per heavy atom. The molecule has 5 heteroatoms. The van der Waals surface area contributed by atoms with E-state index < -0.39 is 0 Å². The fourth-order valence-electron chi connectivity index (χ4n) is 2.55. The van der Waals surface area contributed by atoms with E-state index in [-0.39, 0.29) is 5.56 Å². The van der Waals surface area contributed by atoms with Gasteiger partial charge >= 0.3 is 0 Å². The van der Waals surface area contributed by atoms with Crippen molar-refractivity contribution >= 4 is 38.5 Å². The van der Waals surface area contributed by atoms with Gasteiger partial charge in [0.05, 0.1) is 11.6 Å². The van der Waals surface area contributed by atoms with Gasteiger partial charge in [0.15, 0.2) is 0 Å². The zero-order chi connectivity index (χ0) is 15.8. The molecular formula is C18H13N3OS. The van der Waals surface area contributed by atoms with E-state index >= 15 is 0 Å². The standard InChI is InChI=1S/C18H13N3OS/c1-12-20-17-16(8-9-23-17)18(22)21(12)19-11-13-6-7-14-4-2-3-5-15(14)10-13/h2-11H,1H3/b19-11-. The van der Waals surface area contributed by atoms with E-state index in [1.165, 1.54) is 21.4 Å². The summed E-state index contributed by atoms with van der Waals surface area (Å²) in [6.07, 6.45) is 1.70. The van der Waals surface area contributed by atoms with Gasteiger partial charge in [0.2, 0.25) is 0 Å². The quantitative estimate of drug-likeness (QED) is 0.528. The molecule has 0 saturated carbocycles. The van der Waals surface area contributed by atoms with Crippen LogP contribution in [0.5, 0.6) is 0 Å². The van der Waals surface area contributed by atoms with Crippen molar-refractivity contribution in [2.75, 3.05) is 0 Å². The Morgan fingerprint density at radius 1 is 1.13 bits per heavy atom. The van der Waals surface area contributed by atoms with E-state index in [1.807, 2.05) is 29.6 Å². The van der Waals surface area contributed by atoms with Gasteiger partial charge in [-0.15, -0.1) is 11.3 Å². The van der Waals surface area contributed by atoms with Crippen LogP contribution in [-0.4, -0.2) is 15.9 Å². The van der Waals surface area contributed by atoms with Crippen LogP contribution in [0.3, 0.4) is 0 Å². The van der Waals surface area contributed by atoms with Crippen LogP contribution in [0, 0.1) is 6.92 Å². The van der Waals surface area contributed by atoms with Crippen LogP contribution in [0.15, 0.2) is 63.8 Å². The molecule has 112 valence electrons. The molecule has 0 bridgehead atoms. The summed E-state index contributed by atoms with van der Waals surface area (Å²) in [7, 11) is 0. The third kappa shape index (κ3) is 2.45. The molecular weight excluding hydrogens is 306 g/mol. The van der Waals surface area contributed by atoms with E-state index in [0.29, 0.717) is 11.2 Å². The SMILES string of the molecule is Cc1nc2sccc2c(=O)n1/N=C\c1ccc2ccccc2c1. The number of thiophene rings is 1. The summed E-state index contributed by atoms with van der Waals surface area (Å²) in [5.74, 6) is 0.585. The molecule has 4 nitrogen and oxygen atoms in total. The average Bonchev–Trinajstić information content (AvgIpc) is 3.03. The van der Waals surface area contributed by atoms with Crippen molar-refractivity contribution < 1.29 is 0 Å². The topological polar surface area (TPSA) is 47.2 Å². The minimum absolute atomic E-state index is 0.134. The maximum absolute atomic E-state index is 12.5. The number of fused-ring (bicyclic) bond motifs is 2. The van der Waals surface area contributed by atoms with Crippen LogP contribution in [0.25, 0.3) is 21.0 Å². The highest BCUT2D eigenvalue weighted by Crippen LogP contribution is 2.16. The molecule has 2 heterocycles. The van der Waals surface area contributed by atoms with E-state index in [2.05, 4.69) is 28.3 Å². The lowest BCUT2D eigenvalue weighted by Gasteiger charge is -2.03.